The number of methoxy groups -OCH3 is 1. The Morgan fingerprint density at radius 1 is 0.967 bits per heavy atom. The van der Waals surface area contributed by atoms with E-state index in [2.05, 4.69) is 15.1 Å². The van der Waals surface area contributed by atoms with E-state index in [1.807, 2.05) is 40.1 Å². The van der Waals surface area contributed by atoms with Gasteiger partial charge in [-0.05, 0) is 43.2 Å². The van der Waals surface area contributed by atoms with Gasteiger partial charge in [-0.1, -0.05) is 19.3 Å². The first kappa shape index (κ1) is 18.6. The Morgan fingerprint density at radius 2 is 1.70 bits per heavy atom. The van der Waals surface area contributed by atoms with Crippen molar-refractivity contribution in [2.75, 3.05) is 23.5 Å². The van der Waals surface area contributed by atoms with Gasteiger partial charge in [0, 0.05) is 11.8 Å². The number of anilines is 2. The van der Waals surface area contributed by atoms with Crippen LogP contribution < -0.4 is 14.5 Å². The minimum Gasteiger partial charge on any atom is -0.481 e. The highest BCUT2D eigenvalue weighted by molar-refractivity contribution is 6.07. The summed E-state index contributed by atoms with van der Waals surface area (Å²) in [5, 5.41) is 4.18. The van der Waals surface area contributed by atoms with E-state index in [4.69, 9.17) is 4.74 Å². The molecule has 2 amide bonds. The third kappa shape index (κ3) is 3.08. The lowest BCUT2D eigenvalue weighted by molar-refractivity contribution is 0.250. The van der Waals surface area contributed by atoms with Crippen LogP contribution in [0, 0.1) is 0 Å². The number of urea groups is 1. The summed E-state index contributed by atoms with van der Waals surface area (Å²) in [5.74, 6) is 0.540. The van der Waals surface area contributed by atoms with Crippen molar-refractivity contribution in [2.24, 2.45) is 0 Å². The second-order valence-electron chi connectivity index (χ2n) is 7.90. The number of nitrogens with zero attached hydrogens (tertiary/aromatic N) is 6. The topological polar surface area (TPSA) is 76.4 Å². The largest absolute Gasteiger partial charge is 0.481 e. The van der Waals surface area contributed by atoms with E-state index in [1.165, 1.54) is 12.7 Å². The van der Waals surface area contributed by atoms with Crippen molar-refractivity contribution in [3.8, 4) is 11.6 Å². The Kier molecular flexibility index (Phi) is 4.61. The van der Waals surface area contributed by atoms with Gasteiger partial charge in [-0.25, -0.2) is 19.4 Å². The third-order valence-corrected chi connectivity index (χ3v) is 6.17. The summed E-state index contributed by atoms with van der Waals surface area (Å²) in [5.41, 5.74) is 2.43. The number of amides is 2. The molecule has 3 aromatic rings. The first-order chi connectivity index (χ1) is 14.7. The molecule has 1 aliphatic carbocycles. The molecular weight excluding hydrogens is 380 g/mol. The maximum absolute atomic E-state index is 13.6. The molecule has 5 rings (SSSR count). The molecule has 8 heteroatoms. The lowest BCUT2D eigenvalue weighted by Gasteiger charge is -2.40. The van der Waals surface area contributed by atoms with Crippen LogP contribution in [0.5, 0.6) is 5.88 Å². The molecule has 30 heavy (non-hydrogen) atoms. The number of rotatable bonds is 4. The second-order valence-corrected chi connectivity index (χ2v) is 7.90. The van der Waals surface area contributed by atoms with Gasteiger partial charge in [0.2, 0.25) is 5.88 Å². The van der Waals surface area contributed by atoms with Crippen LogP contribution in [-0.2, 0) is 0 Å². The van der Waals surface area contributed by atoms with Gasteiger partial charge in [0.1, 0.15) is 12.7 Å². The summed E-state index contributed by atoms with van der Waals surface area (Å²) >= 11 is 0. The van der Waals surface area contributed by atoms with E-state index in [1.54, 1.807) is 30.4 Å². The summed E-state index contributed by atoms with van der Waals surface area (Å²) in [6.45, 7) is 0.671. The quantitative estimate of drug-likeness (QED) is 0.661. The van der Waals surface area contributed by atoms with E-state index in [0.717, 1.165) is 42.7 Å². The third-order valence-electron chi connectivity index (χ3n) is 6.17. The summed E-state index contributed by atoms with van der Waals surface area (Å²) < 4.78 is 6.87. The molecule has 0 unspecified atom stereocenters. The Morgan fingerprint density at radius 3 is 2.33 bits per heavy atom. The number of carbonyl (C=O) groups excluding carboxylic acids is 1. The van der Waals surface area contributed by atoms with Gasteiger partial charge in [0.25, 0.3) is 0 Å². The predicted molar refractivity (Wildman–Crippen MR) is 113 cm³/mol. The van der Waals surface area contributed by atoms with Crippen LogP contribution in [0.1, 0.15) is 32.1 Å². The lowest BCUT2D eigenvalue weighted by atomic mass is 9.81. The fourth-order valence-corrected chi connectivity index (χ4v) is 4.68. The summed E-state index contributed by atoms with van der Waals surface area (Å²) in [6, 6.07) is 11.7. The Hall–Kier alpha value is -3.42. The standard InChI is InChI=1S/C22H24N6O2/c1-30-20-10-9-19(13-24-20)26-14-22(11-3-2-4-12-22)28(21(26)29)18-7-5-17(6-8-18)27-16-23-15-25-27/h5-10,13,15-16H,2-4,11-12,14H2,1H3. The van der Waals surface area contributed by atoms with E-state index < -0.39 is 0 Å². The molecule has 0 atom stereocenters. The van der Waals surface area contributed by atoms with Crippen LogP contribution in [0.2, 0.25) is 0 Å². The molecule has 2 fully saturated rings. The molecule has 0 N–H and O–H groups in total. The zero-order valence-corrected chi connectivity index (χ0v) is 16.9. The van der Waals surface area contributed by atoms with Gasteiger partial charge in [-0.3, -0.25) is 9.80 Å². The minimum atomic E-state index is -0.190. The van der Waals surface area contributed by atoms with Crippen molar-refractivity contribution < 1.29 is 9.53 Å². The molecule has 2 aliphatic rings. The SMILES string of the molecule is COc1ccc(N2CC3(CCCCC3)N(c3ccc(-n4cncn4)cc3)C2=O)cn1. The number of hydrogen-bond acceptors (Lipinski definition) is 5. The maximum Gasteiger partial charge on any atom is 0.329 e. The summed E-state index contributed by atoms with van der Waals surface area (Å²) in [7, 11) is 1.59. The van der Waals surface area contributed by atoms with Crippen LogP contribution >= 0.6 is 0 Å². The molecule has 1 aromatic carbocycles. The van der Waals surface area contributed by atoms with Crippen molar-refractivity contribution in [1.82, 2.24) is 19.7 Å². The number of benzene rings is 1. The zero-order valence-electron chi connectivity index (χ0n) is 16.9. The number of aromatic nitrogens is 4. The van der Waals surface area contributed by atoms with Crippen molar-refractivity contribution in [1.29, 1.82) is 0 Å². The lowest BCUT2D eigenvalue weighted by Crippen LogP contribution is -2.48. The highest BCUT2D eigenvalue weighted by atomic mass is 16.5. The number of carbonyl (C=O) groups is 1. The molecule has 1 spiro atoms. The summed E-state index contributed by atoms with van der Waals surface area (Å²) in [4.78, 5) is 25.8. The smallest absolute Gasteiger partial charge is 0.329 e. The van der Waals surface area contributed by atoms with Crippen LogP contribution in [0.4, 0.5) is 16.2 Å². The predicted octanol–water partition coefficient (Wildman–Crippen LogP) is 3.82. The number of ether oxygens (including phenoxy) is 1. The number of hydrogen-bond donors (Lipinski definition) is 0. The van der Waals surface area contributed by atoms with Gasteiger partial charge >= 0.3 is 6.03 Å². The molecule has 1 saturated carbocycles. The first-order valence-electron chi connectivity index (χ1n) is 10.3. The van der Waals surface area contributed by atoms with Gasteiger partial charge in [-0.15, -0.1) is 0 Å². The van der Waals surface area contributed by atoms with E-state index in [9.17, 15) is 4.79 Å². The molecule has 1 aliphatic heterocycles. The Bertz CT molecular complexity index is 1010. The van der Waals surface area contributed by atoms with Gasteiger partial charge in [0.05, 0.1) is 36.8 Å². The van der Waals surface area contributed by atoms with Crippen LogP contribution in [0.25, 0.3) is 5.69 Å². The average Bonchev–Trinajstić information content (AvgIpc) is 3.42. The average molecular weight is 404 g/mol. The van der Waals surface area contributed by atoms with Crippen molar-refractivity contribution >= 4 is 17.4 Å². The normalized spacial score (nSPS) is 18.2. The van der Waals surface area contributed by atoms with E-state index in [0.29, 0.717) is 12.4 Å². The van der Waals surface area contributed by atoms with Crippen LogP contribution in [0.3, 0.4) is 0 Å². The van der Waals surface area contributed by atoms with Crippen LogP contribution in [0.15, 0.2) is 55.2 Å². The van der Waals surface area contributed by atoms with Gasteiger partial charge in [0.15, 0.2) is 0 Å². The Balaban J connectivity index is 1.50. The molecule has 154 valence electrons. The molecule has 8 nitrogen and oxygen atoms in total. The second kappa shape index (κ2) is 7.44. The highest BCUT2D eigenvalue weighted by Crippen LogP contribution is 2.43. The highest BCUT2D eigenvalue weighted by Gasteiger charge is 2.51. The zero-order chi connectivity index (χ0) is 20.6. The summed E-state index contributed by atoms with van der Waals surface area (Å²) in [6.07, 6.45) is 10.4. The van der Waals surface area contributed by atoms with Crippen molar-refractivity contribution in [3.63, 3.8) is 0 Å². The fraction of sp³-hybridized carbons (Fsp3) is 0.364. The van der Waals surface area contributed by atoms with Gasteiger partial charge in [-0.2, -0.15) is 5.10 Å². The van der Waals surface area contributed by atoms with E-state index in [-0.39, 0.29) is 11.6 Å². The van der Waals surface area contributed by atoms with Gasteiger partial charge < -0.3 is 4.74 Å². The van der Waals surface area contributed by atoms with Crippen LogP contribution in [-0.4, -0.2) is 45.0 Å². The number of pyridine rings is 1. The molecule has 3 heterocycles. The van der Waals surface area contributed by atoms with Crippen molar-refractivity contribution in [2.45, 2.75) is 37.6 Å². The molecule has 1 saturated heterocycles. The molecular formula is C22H24N6O2. The minimum absolute atomic E-state index is 0.00243. The van der Waals surface area contributed by atoms with E-state index >= 15 is 0 Å². The fourth-order valence-electron chi connectivity index (χ4n) is 4.68. The maximum atomic E-state index is 13.6. The molecule has 2 aromatic heterocycles. The first-order valence-corrected chi connectivity index (χ1v) is 10.3. The monoisotopic (exact) mass is 404 g/mol. The Labute approximate surface area is 175 Å². The van der Waals surface area contributed by atoms with Crippen molar-refractivity contribution in [3.05, 3.63) is 55.2 Å². The molecule has 0 radical (unpaired) electrons. The molecule has 0 bridgehead atoms.